The maximum Gasteiger partial charge on any atom is 0.175 e. The van der Waals surface area contributed by atoms with E-state index in [4.69, 9.17) is 9.47 Å². The van der Waals surface area contributed by atoms with Crippen molar-refractivity contribution in [3.8, 4) is 0 Å². The number of aliphatic hydroxyl groups excluding tert-OH is 4. The van der Waals surface area contributed by atoms with Crippen molar-refractivity contribution < 1.29 is 40.1 Å². The van der Waals surface area contributed by atoms with Crippen LogP contribution in [0.3, 0.4) is 0 Å². The molecule has 0 amide bonds. The highest BCUT2D eigenvalue weighted by Gasteiger charge is 2.56. The third kappa shape index (κ3) is 2.49. The lowest BCUT2D eigenvalue weighted by molar-refractivity contribution is -0.295. The topological polar surface area (TPSA) is 152 Å². The van der Waals surface area contributed by atoms with E-state index in [1.165, 1.54) is 0 Å². The second-order valence-corrected chi connectivity index (χ2v) is 4.91. The molecule has 6 atom stereocenters. The molecule has 2 rings (SSSR count). The van der Waals surface area contributed by atoms with Crippen LogP contribution in [0.15, 0.2) is 0 Å². The zero-order valence-corrected chi connectivity index (χ0v) is 10.1. The molecule has 112 valence electrons. The Morgan fingerprint density at radius 2 is 0.947 bits per heavy atom. The van der Waals surface area contributed by atoms with Crippen molar-refractivity contribution in [1.29, 1.82) is 0 Å². The van der Waals surface area contributed by atoms with Gasteiger partial charge >= 0.3 is 0 Å². The second kappa shape index (κ2) is 5.20. The van der Waals surface area contributed by atoms with Gasteiger partial charge in [-0.2, -0.15) is 0 Å². The van der Waals surface area contributed by atoms with Crippen LogP contribution in [0.4, 0.5) is 0 Å². The Kier molecular flexibility index (Phi) is 4.12. The highest BCUT2D eigenvalue weighted by atomic mass is 16.5. The molecule has 0 unspecified atom stereocenters. The van der Waals surface area contributed by atoms with Gasteiger partial charge in [-0.25, -0.2) is 0 Å². The van der Waals surface area contributed by atoms with E-state index in [0.717, 1.165) is 0 Å². The standard InChI is InChI=1S/C10H19NO8/c12-5-1-18-2-6(13)9(5,16)11-10(17)7(14)3-19-4-8(10)15/h5-8,11-17H,1-4H2/t5-,6+,7-,8+,9-,10-. The summed E-state index contributed by atoms with van der Waals surface area (Å²) in [4.78, 5) is 0. The van der Waals surface area contributed by atoms with Crippen molar-refractivity contribution in [3.63, 3.8) is 0 Å². The zero-order valence-electron chi connectivity index (χ0n) is 10.1. The quantitative estimate of drug-likeness (QED) is 0.248. The molecule has 2 saturated heterocycles. The Balaban J connectivity index is 2.21. The fourth-order valence-corrected chi connectivity index (χ4v) is 2.19. The first kappa shape index (κ1) is 15.0. The molecule has 2 aliphatic rings. The third-order valence-corrected chi connectivity index (χ3v) is 3.54. The lowest BCUT2D eigenvalue weighted by Crippen LogP contribution is -2.79. The minimum Gasteiger partial charge on any atom is -0.386 e. The molecule has 0 saturated carbocycles. The van der Waals surface area contributed by atoms with Gasteiger partial charge in [-0.05, 0) is 0 Å². The second-order valence-electron chi connectivity index (χ2n) is 4.91. The average Bonchev–Trinajstić information content (AvgIpc) is 2.34. The lowest BCUT2D eigenvalue weighted by atomic mass is 9.91. The van der Waals surface area contributed by atoms with Crippen molar-refractivity contribution in [3.05, 3.63) is 0 Å². The van der Waals surface area contributed by atoms with Crippen LogP contribution >= 0.6 is 0 Å². The third-order valence-electron chi connectivity index (χ3n) is 3.54. The molecule has 0 aromatic rings. The predicted octanol–water partition coefficient (Wildman–Crippen LogP) is -4.54. The first-order valence-corrected chi connectivity index (χ1v) is 5.92. The van der Waals surface area contributed by atoms with Gasteiger partial charge in [-0.1, -0.05) is 0 Å². The molecule has 0 aliphatic carbocycles. The van der Waals surface area contributed by atoms with E-state index in [9.17, 15) is 30.6 Å². The van der Waals surface area contributed by atoms with E-state index in [2.05, 4.69) is 5.32 Å². The lowest BCUT2D eigenvalue weighted by Gasteiger charge is -2.49. The Labute approximate surface area is 109 Å². The van der Waals surface area contributed by atoms with Gasteiger partial charge in [-0.15, -0.1) is 0 Å². The average molecular weight is 281 g/mol. The summed E-state index contributed by atoms with van der Waals surface area (Å²) < 4.78 is 9.67. The predicted molar refractivity (Wildman–Crippen MR) is 58.7 cm³/mol. The summed E-state index contributed by atoms with van der Waals surface area (Å²) in [5.74, 6) is 0. The Hall–Kier alpha value is -0.360. The van der Waals surface area contributed by atoms with Crippen molar-refractivity contribution >= 4 is 0 Å². The molecule has 2 fully saturated rings. The van der Waals surface area contributed by atoms with Crippen LogP contribution in [-0.4, -0.2) is 92.9 Å². The van der Waals surface area contributed by atoms with Gasteiger partial charge in [0.25, 0.3) is 0 Å². The Morgan fingerprint density at radius 1 is 0.684 bits per heavy atom. The van der Waals surface area contributed by atoms with Crippen LogP contribution in [0.25, 0.3) is 0 Å². The van der Waals surface area contributed by atoms with Crippen LogP contribution in [0, 0.1) is 0 Å². The fraction of sp³-hybridized carbons (Fsp3) is 1.00. The largest absolute Gasteiger partial charge is 0.386 e. The molecular formula is C10H19NO8. The van der Waals surface area contributed by atoms with E-state index < -0.39 is 35.9 Å². The van der Waals surface area contributed by atoms with Crippen molar-refractivity contribution in [1.82, 2.24) is 5.32 Å². The number of hydrogen-bond donors (Lipinski definition) is 7. The van der Waals surface area contributed by atoms with E-state index in [1.807, 2.05) is 0 Å². The van der Waals surface area contributed by atoms with Crippen LogP contribution in [0.2, 0.25) is 0 Å². The normalized spacial score (nSPS) is 52.1. The monoisotopic (exact) mass is 281 g/mol. The summed E-state index contributed by atoms with van der Waals surface area (Å²) in [6.07, 6.45) is -6.16. The molecular weight excluding hydrogens is 262 g/mol. The molecule has 0 radical (unpaired) electrons. The van der Waals surface area contributed by atoms with Gasteiger partial charge in [0.1, 0.15) is 24.4 Å². The molecule has 0 bridgehead atoms. The van der Waals surface area contributed by atoms with Gasteiger partial charge in [0, 0.05) is 0 Å². The van der Waals surface area contributed by atoms with Crippen LogP contribution in [-0.2, 0) is 9.47 Å². The summed E-state index contributed by atoms with van der Waals surface area (Å²) in [5, 5.41) is 61.5. The Bertz CT molecular complexity index is 277. The summed E-state index contributed by atoms with van der Waals surface area (Å²) in [6.45, 7) is -1.06. The van der Waals surface area contributed by atoms with E-state index >= 15 is 0 Å². The Morgan fingerprint density at radius 3 is 1.21 bits per heavy atom. The number of hydrogen-bond acceptors (Lipinski definition) is 9. The highest BCUT2D eigenvalue weighted by molar-refractivity contribution is 5.03. The molecule has 2 heterocycles. The summed E-state index contributed by atoms with van der Waals surface area (Å²) >= 11 is 0. The van der Waals surface area contributed by atoms with Crippen molar-refractivity contribution in [2.45, 2.75) is 35.9 Å². The number of nitrogens with one attached hydrogen (secondary N) is 1. The molecule has 9 heteroatoms. The smallest absolute Gasteiger partial charge is 0.175 e. The highest BCUT2D eigenvalue weighted by Crippen LogP contribution is 2.27. The number of ether oxygens (including phenoxy) is 2. The molecule has 0 aromatic carbocycles. The maximum absolute atomic E-state index is 10.2. The minimum absolute atomic E-state index is 0.265. The summed E-state index contributed by atoms with van der Waals surface area (Å²) in [7, 11) is 0. The van der Waals surface area contributed by atoms with E-state index in [0.29, 0.717) is 0 Å². The summed E-state index contributed by atoms with van der Waals surface area (Å²) in [6, 6.07) is 0. The molecule has 0 aromatic heterocycles. The first-order chi connectivity index (χ1) is 8.80. The van der Waals surface area contributed by atoms with Gasteiger partial charge in [0.15, 0.2) is 11.4 Å². The molecule has 2 aliphatic heterocycles. The molecule has 19 heavy (non-hydrogen) atoms. The maximum atomic E-state index is 10.2. The molecule has 0 spiro atoms. The van der Waals surface area contributed by atoms with Crippen LogP contribution < -0.4 is 5.32 Å². The van der Waals surface area contributed by atoms with E-state index in [1.54, 1.807) is 0 Å². The first-order valence-electron chi connectivity index (χ1n) is 5.92. The van der Waals surface area contributed by atoms with Crippen LogP contribution in [0.1, 0.15) is 0 Å². The van der Waals surface area contributed by atoms with Crippen molar-refractivity contribution in [2.75, 3.05) is 26.4 Å². The van der Waals surface area contributed by atoms with Gasteiger partial charge in [0.05, 0.1) is 26.4 Å². The SMILES string of the molecule is O[C@@H]1COC[C@H](O)[C@@]1(O)N[C@@]1(O)[C@H](O)COC[C@@H]1O. The van der Waals surface area contributed by atoms with E-state index in [-0.39, 0.29) is 26.4 Å². The van der Waals surface area contributed by atoms with Crippen LogP contribution in [0.5, 0.6) is 0 Å². The minimum atomic E-state index is -2.31. The fourth-order valence-electron chi connectivity index (χ4n) is 2.19. The molecule has 7 N–H and O–H groups in total. The van der Waals surface area contributed by atoms with Crippen molar-refractivity contribution in [2.24, 2.45) is 0 Å². The van der Waals surface area contributed by atoms with Gasteiger partial charge in [-0.3, -0.25) is 5.32 Å². The molecule has 9 nitrogen and oxygen atoms in total. The summed E-state index contributed by atoms with van der Waals surface area (Å²) in [5.41, 5.74) is -4.63. The number of aliphatic hydroxyl groups is 6. The van der Waals surface area contributed by atoms with Gasteiger partial charge in [0.2, 0.25) is 0 Å². The number of rotatable bonds is 2. The zero-order chi connectivity index (χ0) is 14.3. The van der Waals surface area contributed by atoms with Gasteiger partial charge < -0.3 is 40.1 Å².